The molecule has 8 nitrogen and oxygen atoms in total. The van der Waals surface area contributed by atoms with E-state index < -0.39 is 0 Å². The molecule has 1 heterocycles. The average Bonchev–Trinajstić information content (AvgIpc) is 2.92. The molecule has 2 aromatic rings. The normalized spacial score (nSPS) is 11.8. The lowest BCUT2D eigenvalue weighted by Gasteiger charge is -2.14. The molecule has 2 amide bonds. The van der Waals surface area contributed by atoms with Crippen LogP contribution < -0.4 is 15.4 Å². The smallest absolute Gasteiger partial charge is 0.319 e. The molecule has 0 spiro atoms. The number of ether oxygens (including phenoxy) is 1. The van der Waals surface area contributed by atoms with Gasteiger partial charge in [0.1, 0.15) is 11.4 Å². The Balaban J connectivity index is 2.24. The van der Waals surface area contributed by atoms with E-state index in [0.29, 0.717) is 22.9 Å². The van der Waals surface area contributed by atoms with E-state index in [4.69, 9.17) is 4.74 Å². The number of rotatable bonds is 5. The van der Waals surface area contributed by atoms with Gasteiger partial charge in [0.2, 0.25) is 0 Å². The van der Waals surface area contributed by atoms with Crippen molar-refractivity contribution >= 4 is 11.7 Å². The monoisotopic (exact) mass is 304 g/mol. The van der Waals surface area contributed by atoms with Gasteiger partial charge in [-0.1, -0.05) is 6.92 Å². The van der Waals surface area contributed by atoms with E-state index in [1.165, 1.54) is 0 Å². The lowest BCUT2D eigenvalue weighted by atomic mass is 10.2. The van der Waals surface area contributed by atoms with Crippen molar-refractivity contribution in [3.8, 4) is 11.4 Å². The molecule has 2 N–H and O–H groups in total. The van der Waals surface area contributed by atoms with Crippen molar-refractivity contribution in [2.24, 2.45) is 0 Å². The topological polar surface area (TPSA) is 94.0 Å². The summed E-state index contributed by atoms with van der Waals surface area (Å²) in [6.07, 6.45) is 0.866. The second kappa shape index (κ2) is 6.88. The van der Waals surface area contributed by atoms with Crippen molar-refractivity contribution in [1.82, 2.24) is 25.5 Å². The largest absolute Gasteiger partial charge is 0.494 e. The van der Waals surface area contributed by atoms with Crippen molar-refractivity contribution in [2.45, 2.75) is 33.2 Å². The number of hydrogen-bond acceptors (Lipinski definition) is 5. The van der Waals surface area contributed by atoms with Gasteiger partial charge < -0.3 is 15.4 Å². The fraction of sp³-hybridized carbons (Fsp3) is 0.429. The van der Waals surface area contributed by atoms with Crippen LogP contribution >= 0.6 is 0 Å². The lowest BCUT2D eigenvalue weighted by molar-refractivity contribution is 0.249. The van der Waals surface area contributed by atoms with Crippen molar-refractivity contribution in [2.75, 3.05) is 12.4 Å². The molecule has 0 aliphatic heterocycles. The van der Waals surface area contributed by atoms with E-state index in [1.807, 2.05) is 13.8 Å². The third-order valence-electron chi connectivity index (χ3n) is 3.28. The predicted octanol–water partition coefficient (Wildman–Crippen LogP) is 1.90. The highest BCUT2D eigenvalue weighted by molar-refractivity contribution is 5.90. The molecule has 0 fully saturated rings. The van der Waals surface area contributed by atoms with Crippen molar-refractivity contribution in [3.63, 3.8) is 0 Å². The molecule has 0 aliphatic carbocycles. The summed E-state index contributed by atoms with van der Waals surface area (Å²) in [6.45, 7) is 5.75. The van der Waals surface area contributed by atoms with Gasteiger partial charge in [-0.3, -0.25) is 0 Å². The fourth-order valence-electron chi connectivity index (χ4n) is 1.88. The summed E-state index contributed by atoms with van der Waals surface area (Å²) in [5.41, 5.74) is 1.29. The van der Waals surface area contributed by atoms with Crippen LogP contribution in [-0.4, -0.2) is 39.4 Å². The predicted molar refractivity (Wildman–Crippen MR) is 82.4 cm³/mol. The molecule has 22 heavy (non-hydrogen) atoms. The number of carbonyl (C=O) groups is 1. The SMILES string of the molecule is CC[C@@H](C)NC(=O)Nc1ccc(OC)c(-n2nnnc2C)c1. The second-order valence-corrected chi connectivity index (χ2v) is 4.93. The summed E-state index contributed by atoms with van der Waals surface area (Å²) >= 11 is 0. The maximum absolute atomic E-state index is 11.9. The third-order valence-corrected chi connectivity index (χ3v) is 3.28. The summed E-state index contributed by atoms with van der Waals surface area (Å²) in [7, 11) is 1.57. The molecule has 1 aromatic carbocycles. The number of aryl methyl sites for hydroxylation is 1. The van der Waals surface area contributed by atoms with E-state index >= 15 is 0 Å². The van der Waals surface area contributed by atoms with Crippen molar-refractivity contribution in [1.29, 1.82) is 0 Å². The molecular formula is C14H20N6O2. The number of anilines is 1. The molecular weight excluding hydrogens is 284 g/mol. The summed E-state index contributed by atoms with van der Waals surface area (Å²) in [4.78, 5) is 11.9. The van der Waals surface area contributed by atoms with Gasteiger partial charge in [0.25, 0.3) is 0 Å². The summed E-state index contributed by atoms with van der Waals surface area (Å²) in [5.74, 6) is 1.24. The molecule has 0 saturated heterocycles. The molecule has 0 saturated carbocycles. The van der Waals surface area contributed by atoms with Crippen LogP contribution in [0.1, 0.15) is 26.1 Å². The first-order chi connectivity index (χ1) is 10.5. The van der Waals surface area contributed by atoms with Gasteiger partial charge in [0.05, 0.1) is 7.11 Å². The van der Waals surface area contributed by atoms with Gasteiger partial charge in [-0.2, -0.15) is 4.68 Å². The lowest BCUT2D eigenvalue weighted by Crippen LogP contribution is -2.35. The van der Waals surface area contributed by atoms with Crippen LogP contribution in [0.15, 0.2) is 18.2 Å². The highest BCUT2D eigenvalue weighted by atomic mass is 16.5. The standard InChI is InChI=1S/C14H20N6O2/c1-5-9(2)15-14(21)16-11-6-7-13(22-4)12(8-11)20-10(3)17-18-19-20/h6-9H,5H2,1-4H3,(H2,15,16,21)/t9-/m1/s1. The fourth-order valence-corrected chi connectivity index (χ4v) is 1.88. The molecule has 0 unspecified atom stereocenters. The molecule has 0 bridgehead atoms. The first-order valence-electron chi connectivity index (χ1n) is 7.06. The van der Waals surface area contributed by atoms with E-state index in [-0.39, 0.29) is 12.1 Å². The minimum Gasteiger partial charge on any atom is -0.494 e. The van der Waals surface area contributed by atoms with Crippen LogP contribution in [-0.2, 0) is 0 Å². The highest BCUT2D eigenvalue weighted by Crippen LogP contribution is 2.26. The molecule has 1 aromatic heterocycles. The Morgan fingerprint density at radius 2 is 2.23 bits per heavy atom. The quantitative estimate of drug-likeness (QED) is 0.880. The van der Waals surface area contributed by atoms with E-state index in [0.717, 1.165) is 6.42 Å². The van der Waals surface area contributed by atoms with Crippen molar-refractivity contribution < 1.29 is 9.53 Å². The van der Waals surface area contributed by atoms with Gasteiger partial charge in [0, 0.05) is 11.7 Å². The number of amides is 2. The Hall–Kier alpha value is -2.64. The Morgan fingerprint density at radius 3 is 2.82 bits per heavy atom. The second-order valence-electron chi connectivity index (χ2n) is 4.93. The van der Waals surface area contributed by atoms with E-state index in [2.05, 4.69) is 26.2 Å². The van der Waals surface area contributed by atoms with Crippen molar-refractivity contribution in [3.05, 3.63) is 24.0 Å². The maximum Gasteiger partial charge on any atom is 0.319 e. The van der Waals surface area contributed by atoms with Gasteiger partial charge in [-0.25, -0.2) is 4.79 Å². The number of benzene rings is 1. The molecule has 1 atom stereocenters. The summed E-state index contributed by atoms with van der Waals surface area (Å²) < 4.78 is 6.87. The molecule has 0 radical (unpaired) electrons. The highest BCUT2D eigenvalue weighted by Gasteiger charge is 2.12. The Labute approximate surface area is 128 Å². The zero-order valence-corrected chi connectivity index (χ0v) is 13.1. The van der Waals surface area contributed by atoms with Gasteiger partial charge in [-0.15, -0.1) is 5.10 Å². The average molecular weight is 304 g/mol. The van der Waals surface area contributed by atoms with Crippen LogP contribution in [0.25, 0.3) is 5.69 Å². The zero-order valence-electron chi connectivity index (χ0n) is 13.1. The van der Waals surface area contributed by atoms with Crippen LogP contribution in [0, 0.1) is 6.92 Å². The van der Waals surface area contributed by atoms with Crippen LogP contribution in [0.2, 0.25) is 0 Å². The number of hydrogen-bond donors (Lipinski definition) is 2. The van der Waals surface area contributed by atoms with Crippen LogP contribution in [0.3, 0.4) is 0 Å². The number of urea groups is 1. The molecule has 2 rings (SSSR count). The number of aromatic nitrogens is 4. The minimum atomic E-state index is -0.251. The number of nitrogens with one attached hydrogen (secondary N) is 2. The summed E-state index contributed by atoms with van der Waals surface area (Å²) in [5, 5.41) is 17.0. The Bertz CT molecular complexity index is 655. The van der Waals surface area contributed by atoms with Gasteiger partial charge in [0.15, 0.2) is 5.82 Å². The first-order valence-corrected chi connectivity index (χ1v) is 7.06. The number of carbonyl (C=O) groups excluding carboxylic acids is 1. The van der Waals surface area contributed by atoms with Gasteiger partial charge in [-0.05, 0) is 48.9 Å². The van der Waals surface area contributed by atoms with Gasteiger partial charge >= 0.3 is 6.03 Å². The molecule has 118 valence electrons. The summed E-state index contributed by atoms with van der Waals surface area (Å²) in [6, 6.07) is 5.14. The number of nitrogens with zero attached hydrogens (tertiary/aromatic N) is 4. The zero-order chi connectivity index (χ0) is 16.1. The number of methoxy groups -OCH3 is 1. The van der Waals surface area contributed by atoms with Crippen LogP contribution in [0.5, 0.6) is 5.75 Å². The Morgan fingerprint density at radius 1 is 1.45 bits per heavy atom. The minimum absolute atomic E-state index is 0.111. The van der Waals surface area contributed by atoms with E-state index in [1.54, 1.807) is 36.9 Å². The van der Waals surface area contributed by atoms with Crippen LogP contribution in [0.4, 0.5) is 10.5 Å². The van der Waals surface area contributed by atoms with E-state index in [9.17, 15) is 4.79 Å². The Kier molecular flexibility index (Phi) is 4.92. The molecule has 8 heteroatoms. The molecule has 0 aliphatic rings. The maximum atomic E-state index is 11.9. The third kappa shape index (κ3) is 3.51. The first kappa shape index (κ1) is 15.7. The number of tetrazole rings is 1.